The molecule has 0 aliphatic carbocycles. The molecule has 2 N–H and O–H groups in total. The Kier molecular flexibility index (Phi) is 5.24. The lowest BCUT2D eigenvalue weighted by atomic mass is 10.1. The van der Waals surface area contributed by atoms with Gasteiger partial charge in [-0.2, -0.15) is 0 Å². The quantitative estimate of drug-likeness (QED) is 0.887. The third-order valence-electron chi connectivity index (χ3n) is 2.99. The van der Waals surface area contributed by atoms with Gasteiger partial charge in [0.25, 0.3) is 0 Å². The highest BCUT2D eigenvalue weighted by atomic mass is 19.1. The Labute approximate surface area is 130 Å². The molecule has 120 valence electrons. The minimum atomic E-state index is -1.76. The first-order valence-electron chi connectivity index (χ1n) is 6.62. The number of carboxylic acids is 1. The summed E-state index contributed by atoms with van der Waals surface area (Å²) in [6, 6.07) is 9.32. The number of carbonyl (C=O) groups is 2. The van der Waals surface area contributed by atoms with Crippen molar-refractivity contribution in [2.75, 3.05) is 0 Å². The molecule has 0 saturated heterocycles. The molecule has 1 atom stereocenters. The van der Waals surface area contributed by atoms with E-state index in [1.807, 2.05) is 5.32 Å². The Morgan fingerprint density at radius 3 is 2.48 bits per heavy atom. The maximum atomic E-state index is 13.7. The van der Waals surface area contributed by atoms with Crippen LogP contribution in [0.4, 0.5) is 13.6 Å². The van der Waals surface area contributed by atoms with Gasteiger partial charge < -0.3 is 15.2 Å². The van der Waals surface area contributed by atoms with Crippen LogP contribution in [0.3, 0.4) is 0 Å². The molecule has 0 radical (unpaired) electrons. The van der Waals surface area contributed by atoms with Gasteiger partial charge in [0.15, 0.2) is 6.04 Å². The monoisotopic (exact) mass is 321 g/mol. The van der Waals surface area contributed by atoms with E-state index in [1.54, 1.807) is 30.3 Å². The number of rotatable bonds is 5. The third-order valence-corrected chi connectivity index (χ3v) is 2.99. The molecule has 1 amide bonds. The van der Waals surface area contributed by atoms with Crippen LogP contribution < -0.4 is 5.32 Å². The van der Waals surface area contributed by atoms with Gasteiger partial charge in [-0.3, -0.25) is 0 Å². The van der Waals surface area contributed by atoms with Crippen molar-refractivity contribution in [3.05, 3.63) is 71.3 Å². The second-order valence-electron chi connectivity index (χ2n) is 4.64. The number of alkyl carbamates (subject to hydrolysis) is 1. The van der Waals surface area contributed by atoms with Crippen LogP contribution in [0.25, 0.3) is 0 Å². The van der Waals surface area contributed by atoms with Gasteiger partial charge in [0, 0.05) is 5.56 Å². The van der Waals surface area contributed by atoms with Gasteiger partial charge in [-0.05, 0) is 23.8 Å². The van der Waals surface area contributed by atoms with E-state index in [0.717, 1.165) is 12.1 Å². The van der Waals surface area contributed by atoms with E-state index >= 15 is 0 Å². The largest absolute Gasteiger partial charge is 0.479 e. The van der Waals surface area contributed by atoms with Gasteiger partial charge in [-0.25, -0.2) is 18.4 Å². The lowest BCUT2D eigenvalue weighted by molar-refractivity contribution is -0.139. The normalized spacial score (nSPS) is 11.6. The first kappa shape index (κ1) is 16.4. The zero-order valence-corrected chi connectivity index (χ0v) is 11.8. The molecule has 0 saturated carbocycles. The third kappa shape index (κ3) is 4.50. The molecule has 5 nitrogen and oxygen atoms in total. The Morgan fingerprint density at radius 1 is 1.13 bits per heavy atom. The van der Waals surface area contributed by atoms with Crippen LogP contribution >= 0.6 is 0 Å². The van der Waals surface area contributed by atoms with Gasteiger partial charge in [0.1, 0.15) is 18.2 Å². The molecule has 2 aromatic carbocycles. The predicted molar refractivity (Wildman–Crippen MR) is 76.5 cm³/mol. The number of hydrogen-bond acceptors (Lipinski definition) is 3. The van der Waals surface area contributed by atoms with E-state index in [0.29, 0.717) is 11.6 Å². The summed E-state index contributed by atoms with van der Waals surface area (Å²) >= 11 is 0. The molecule has 0 fully saturated rings. The number of ether oxygens (including phenoxy) is 1. The van der Waals surface area contributed by atoms with Crippen molar-refractivity contribution in [2.24, 2.45) is 0 Å². The van der Waals surface area contributed by atoms with Crippen LogP contribution in [0.2, 0.25) is 0 Å². The molecule has 0 aliphatic heterocycles. The van der Waals surface area contributed by atoms with Crippen LogP contribution in [0, 0.1) is 11.6 Å². The number of nitrogens with one attached hydrogen (secondary N) is 1. The fourth-order valence-electron chi connectivity index (χ4n) is 1.89. The van der Waals surface area contributed by atoms with Gasteiger partial charge in [-0.1, -0.05) is 30.3 Å². The van der Waals surface area contributed by atoms with E-state index in [4.69, 9.17) is 9.84 Å². The highest BCUT2D eigenvalue weighted by Gasteiger charge is 2.26. The molecule has 0 bridgehead atoms. The topological polar surface area (TPSA) is 75.6 Å². The van der Waals surface area contributed by atoms with Gasteiger partial charge in [-0.15, -0.1) is 0 Å². The smallest absolute Gasteiger partial charge is 0.408 e. The minimum Gasteiger partial charge on any atom is -0.479 e. The number of halogens is 2. The van der Waals surface area contributed by atoms with Crippen molar-refractivity contribution in [1.82, 2.24) is 5.32 Å². The summed E-state index contributed by atoms with van der Waals surface area (Å²) in [6.07, 6.45) is -1.05. The average molecular weight is 321 g/mol. The van der Waals surface area contributed by atoms with E-state index in [2.05, 4.69) is 0 Å². The fourth-order valence-corrected chi connectivity index (χ4v) is 1.89. The second kappa shape index (κ2) is 7.35. The molecular weight excluding hydrogens is 308 g/mol. The number of carboxylic acid groups (broad SMARTS) is 1. The number of hydrogen-bond donors (Lipinski definition) is 2. The molecule has 2 aromatic rings. The van der Waals surface area contributed by atoms with Crippen LogP contribution in [0.5, 0.6) is 0 Å². The zero-order chi connectivity index (χ0) is 16.8. The molecule has 0 aliphatic rings. The first-order chi connectivity index (χ1) is 11.0. The summed E-state index contributed by atoms with van der Waals surface area (Å²) in [6.45, 7) is -0.0787. The SMILES string of the molecule is O=C(NC(C(=O)O)c1cc(F)ccc1F)OCc1ccccc1. The van der Waals surface area contributed by atoms with Crippen molar-refractivity contribution in [3.63, 3.8) is 0 Å². The summed E-state index contributed by atoms with van der Waals surface area (Å²) in [5.41, 5.74) is 0.209. The van der Waals surface area contributed by atoms with E-state index in [1.165, 1.54) is 0 Å². The van der Waals surface area contributed by atoms with Gasteiger partial charge in [0.05, 0.1) is 0 Å². The highest BCUT2D eigenvalue weighted by Crippen LogP contribution is 2.19. The Hall–Kier alpha value is -2.96. The summed E-state index contributed by atoms with van der Waals surface area (Å²) in [4.78, 5) is 22.9. The number of aliphatic carboxylic acids is 1. The number of carbonyl (C=O) groups excluding carboxylic acids is 1. The van der Waals surface area contributed by atoms with Crippen molar-refractivity contribution >= 4 is 12.1 Å². The molecular formula is C16H13F2NO4. The van der Waals surface area contributed by atoms with Crippen LogP contribution in [-0.2, 0) is 16.1 Å². The van der Waals surface area contributed by atoms with Crippen molar-refractivity contribution < 1.29 is 28.2 Å². The molecule has 0 spiro atoms. The summed E-state index contributed by atoms with van der Waals surface area (Å²) in [5.74, 6) is -3.29. The summed E-state index contributed by atoms with van der Waals surface area (Å²) in [5, 5.41) is 11.1. The standard InChI is InChI=1S/C16H13F2NO4/c17-11-6-7-13(18)12(8-11)14(15(20)21)19-16(22)23-9-10-4-2-1-3-5-10/h1-8,14H,9H2,(H,19,22)(H,20,21). The zero-order valence-electron chi connectivity index (χ0n) is 11.8. The number of amides is 1. The molecule has 2 rings (SSSR count). The van der Waals surface area contributed by atoms with Crippen LogP contribution in [0.1, 0.15) is 17.2 Å². The maximum absolute atomic E-state index is 13.7. The Morgan fingerprint density at radius 2 is 1.83 bits per heavy atom. The van der Waals surface area contributed by atoms with Gasteiger partial charge in [0.2, 0.25) is 0 Å². The second-order valence-corrected chi connectivity index (χ2v) is 4.64. The first-order valence-corrected chi connectivity index (χ1v) is 6.62. The van der Waals surface area contributed by atoms with E-state index in [-0.39, 0.29) is 6.61 Å². The lowest BCUT2D eigenvalue weighted by Crippen LogP contribution is -2.34. The average Bonchev–Trinajstić information content (AvgIpc) is 2.54. The molecule has 0 aromatic heterocycles. The highest BCUT2D eigenvalue weighted by molar-refractivity contribution is 5.81. The molecule has 1 unspecified atom stereocenters. The van der Waals surface area contributed by atoms with Crippen molar-refractivity contribution in [2.45, 2.75) is 12.6 Å². The summed E-state index contributed by atoms with van der Waals surface area (Å²) < 4.78 is 31.7. The van der Waals surface area contributed by atoms with Crippen molar-refractivity contribution in [3.8, 4) is 0 Å². The maximum Gasteiger partial charge on any atom is 0.408 e. The van der Waals surface area contributed by atoms with Crippen LogP contribution in [0.15, 0.2) is 48.5 Å². The molecule has 7 heteroatoms. The lowest BCUT2D eigenvalue weighted by Gasteiger charge is -2.15. The number of benzene rings is 2. The Balaban J connectivity index is 2.06. The fraction of sp³-hybridized carbons (Fsp3) is 0.125. The summed E-state index contributed by atoms with van der Waals surface area (Å²) in [7, 11) is 0. The molecule has 23 heavy (non-hydrogen) atoms. The molecule has 0 heterocycles. The van der Waals surface area contributed by atoms with Crippen LogP contribution in [-0.4, -0.2) is 17.2 Å². The van der Waals surface area contributed by atoms with Crippen molar-refractivity contribution in [1.29, 1.82) is 0 Å². The Bertz CT molecular complexity index is 706. The predicted octanol–water partition coefficient (Wildman–Crippen LogP) is 3.02. The van der Waals surface area contributed by atoms with Gasteiger partial charge >= 0.3 is 12.1 Å². The minimum absolute atomic E-state index is 0.0787. The van der Waals surface area contributed by atoms with E-state index in [9.17, 15) is 18.4 Å². The van der Waals surface area contributed by atoms with E-state index < -0.39 is 35.3 Å².